The Morgan fingerprint density at radius 3 is 2.29 bits per heavy atom. The van der Waals surface area contributed by atoms with E-state index in [0.717, 1.165) is 11.1 Å². The molecule has 2 aromatic carbocycles. The molecule has 5 heteroatoms. The maximum atomic E-state index is 12.6. The summed E-state index contributed by atoms with van der Waals surface area (Å²) in [5.74, 6) is 0. The van der Waals surface area contributed by atoms with Crippen LogP contribution in [0.1, 0.15) is 16.8 Å². The van der Waals surface area contributed by atoms with Crippen LogP contribution in [0.2, 0.25) is 0 Å². The zero-order chi connectivity index (χ0) is 17.0. The van der Waals surface area contributed by atoms with Crippen molar-refractivity contribution in [1.29, 1.82) is 0 Å². The van der Waals surface area contributed by atoms with Crippen LogP contribution in [0.3, 0.4) is 0 Å². The van der Waals surface area contributed by atoms with Gasteiger partial charge in [-0.25, -0.2) is 0 Å². The van der Waals surface area contributed by atoms with Crippen molar-refractivity contribution in [3.63, 3.8) is 0 Å². The first-order chi connectivity index (χ1) is 11.5. The van der Waals surface area contributed by atoms with Crippen molar-refractivity contribution < 1.29 is 8.42 Å². The third-order valence-electron chi connectivity index (χ3n) is 3.67. The van der Waals surface area contributed by atoms with Crippen LogP contribution in [0.15, 0.2) is 82.2 Å². The van der Waals surface area contributed by atoms with Gasteiger partial charge in [0, 0.05) is 12.6 Å². The van der Waals surface area contributed by atoms with E-state index in [0.29, 0.717) is 17.8 Å². The molecule has 1 aromatic heterocycles. The standard InChI is InChI=1S/C19H18N2O2S/c1-15-9-11-17(12-10-15)24(22,23)21-19(18-8-5-13-20-18)14-16-6-3-2-4-7-16/h2-13,20H,14H2,1H3/b21-19-. The van der Waals surface area contributed by atoms with Gasteiger partial charge in [-0.05, 0) is 36.8 Å². The van der Waals surface area contributed by atoms with Gasteiger partial charge in [-0.2, -0.15) is 12.8 Å². The molecule has 3 rings (SSSR count). The minimum Gasteiger partial charge on any atom is -0.360 e. The molecule has 0 saturated heterocycles. The molecule has 0 aliphatic heterocycles. The number of benzene rings is 2. The Balaban J connectivity index is 2.01. The molecule has 24 heavy (non-hydrogen) atoms. The van der Waals surface area contributed by atoms with Gasteiger partial charge in [-0.1, -0.05) is 48.0 Å². The topological polar surface area (TPSA) is 62.3 Å². The number of aryl methyl sites for hydroxylation is 1. The van der Waals surface area contributed by atoms with Gasteiger partial charge in [0.2, 0.25) is 0 Å². The average molecular weight is 338 g/mol. The Labute approximate surface area is 142 Å². The smallest absolute Gasteiger partial charge is 0.282 e. The molecule has 0 unspecified atom stereocenters. The molecular weight excluding hydrogens is 320 g/mol. The number of aromatic amines is 1. The minimum atomic E-state index is -3.75. The first kappa shape index (κ1) is 16.2. The van der Waals surface area contributed by atoms with E-state index in [1.54, 1.807) is 30.5 Å². The monoisotopic (exact) mass is 338 g/mol. The van der Waals surface area contributed by atoms with Crippen LogP contribution in [0, 0.1) is 6.92 Å². The van der Waals surface area contributed by atoms with E-state index < -0.39 is 10.0 Å². The van der Waals surface area contributed by atoms with Crippen molar-refractivity contribution in [2.75, 3.05) is 0 Å². The normalized spacial score (nSPS) is 12.3. The number of H-pyrrole nitrogens is 1. The highest BCUT2D eigenvalue weighted by atomic mass is 32.2. The first-order valence-corrected chi connectivity index (χ1v) is 9.07. The van der Waals surface area contributed by atoms with Crippen LogP contribution in [0.5, 0.6) is 0 Å². The Bertz CT molecular complexity index is 927. The summed E-state index contributed by atoms with van der Waals surface area (Å²) in [4.78, 5) is 3.24. The van der Waals surface area contributed by atoms with Crippen LogP contribution in [0.4, 0.5) is 0 Å². The average Bonchev–Trinajstić information content (AvgIpc) is 3.10. The number of rotatable bonds is 5. The Kier molecular flexibility index (Phi) is 4.62. The lowest BCUT2D eigenvalue weighted by molar-refractivity contribution is 0.598. The molecule has 0 atom stereocenters. The van der Waals surface area contributed by atoms with Crippen LogP contribution >= 0.6 is 0 Å². The highest BCUT2D eigenvalue weighted by Crippen LogP contribution is 2.16. The summed E-state index contributed by atoms with van der Waals surface area (Å²) in [6.45, 7) is 1.92. The predicted molar refractivity (Wildman–Crippen MR) is 95.8 cm³/mol. The highest BCUT2D eigenvalue weighted by Gasteiger charge is 2.16. The van der Waals surface area contributed by atoms with Gasteiger partial charge in [0.25, 0.3) is 10.0 Å². The van der Waals surface area contributed by atoms with Gasteiger partial charge in [-0.3, -0.25) is 0 Å². The van der Waals surface area contributed by atoms with Crippen LogP contribution < -0.4 is 0 Å². The van der Waals surface area contributed by atoms with Gasteiger partial charge >= 0.3 is 0 Å². The summed E-state index contributed by atoms with van der Waals surface area (Å²) in [6.07, 6.45) is 2.20. The van der Waals surface area contributed by atoms with Crippen molar-refractivity contribution >= 4 is 15.7 Å². The Morgan fingerprint density at radius 1 is 0.958 bits per heavy atom. The zero-order valence-corrected chi connectivity index (χ0v) is 14.1. The third-order valence-corrected chi connectivity index (χ3v) is 5.00. The third kappa shape index (κ3) is 3.81. The highest BCUT2D eigenvalue weighted by molar-refractivity contribution is 7.90. The van der Waals surface area contributed by atoms with Crippen molar-refractivity contribution in [3.8, 4) is 0 Å². The van der Waals surface area contributed by atoms with E-state index in [4.69, 9.17) is 0 Å². The molecule has 0 saturated carbocycles. The summed E-state index contributed by atoms with van der Waals surface area (Å²) in [5, 5.41) is 0. The summed E-state index contributed by atoms with van der Waals surface area (Å²) in [5.41, 5.74) is 3.21. The fourth-order valence-electron chi connectivity index (χ4n) is 2.38. The SMILES string of the molecule is Cc1ccc(S(=O)(=O)/N=C(/Cc2ccccc2)c2ccc[nH]2)cc1. The first-order valence-electron chi connectivity index (χ1n) is 7.63. The van der Waals surface area contributed by atoms with E-state index in [1.165, 1.54) is 0 Å². The van der Waals surface area contributed by atoms with E-state index in [2.05, 4.69) is 9.38 Å². The second kappa shape index (κ2) is 6.84. The fourth-order valence-corrected chi connectivity index (χ4v) is 3.42. The van der Waals surface area contributed by atoms with Crippen molar-refractivity contribution in [2.45, 2.75) is 18.2 Å². The second-order valence-corrected chi connectivity index (χ2v) is 7.18. The Morgan fingerprint density at radius 2 is 1.67 bits per heavy atom. The number of nitrogens with zero attached hydrogens (tertiary/aromatic N) is 1. The maximum absolute atomic E-state index is 12.6. The second-order valence-electron chi connectivity index (χ2n) is 5.57. The van der Waals surface area contributed by atoms with E-state index in [1.807, 2.05) is 49.4 Å². The zero-order valence-electron chi connectivity index (χ0n) is 13.3. The van der Waals surface area contributed by atoms with E-state index in [9.17, 15) is 8.42 Å². The van der Waals surface area contributed by atoms with Gasteiger partial charge in [-0.15, -0.1) is 0 Å². The largest absolute Gasteiger partial charge is 0.360 e. The number of sulfonamides is 1. The maximum Gasteiger partial charge on any atom is 0.282 e. The lowest BCUT2D eigenvalue weighted by Crippen LogP contribution is -2.10. The van der Waals surface area contributed by atoms with E-state index >= 15 is 0 Å². The fraction of sp³-hybridized carbons (Fsp3) is 0.105. The lowest BCUT2D eigenvalue weighted by atomic mass is 10.1. The van der Waals surface area contributed by atoms with E-state index in [-0.39, 0.29) is 4.90 Å². The molecule has 0 aliphatic rings. The number of hydrogen-bond acceptors (Lipinski definition) is 2. The minimum absolute atomic E-state index is 0.199. The van der Waals surface area contributed by atoms with Gasteiger partial charge < -0.3 is 4.98 Å². The van der Waals surface area contributed by atoms with Gasteiger partial charge in [0.15, 0.2) is 0 Å². The van der Waals surface area contributed by atoms with Gasteiger partial charge in [0.1, 0.15) is 0 Å². The molecule has 0 spiro atoms. The molecule has 122 valence electrons. The van der Waals surface area contributed by atoms with Crippen molar-refractivity contribution in [2.24, 2.45) is 4.40 Å². The molecule has 3 aromatic rings. The molecule has 1 N–H and O–H groups in total. The van der Waals surface area contributed by atoms with Crippen LogP contribution in [-0.2, 0) is 16.4 Å². The summed E-state index contributed by atoms with van der Waals surface area (Å²) in [7, 11) is -3.75. The summed E-state index contributed by atoms with van der Waals surface area (Å²) in [6, 6.07) is 20.1. The molecule has 0 aliphatic carbocycles. The molecule has 0 fully saturated rings. The quantitative estimate of drug-likeness (QED) is 0.720. The number of aromatic nitrogens is 1. The molecule has 1 heterocycles. The number of nitrogens with one attached hydrogen (secondary N) is 1. The van der Waals surface area contributed by atoms with Crippen molar-refractivity contribution in [1.82, 2.24) is 4.98 Å². The molecule has 4 nitrogen and oxygen atoms in total. The van der Waals surface area contributed by atoms with Gasteiger partial charge in [0.05, 0.1) is 16.3 Å². The number of hydrogen-bond donors (Lipinski definition) is 1. The summed E-state index contributed by atoms with van der Waals surface area (Å²) < 4.78 is 29.4. The Hall–Kier alpha value is -2.66. The summed E-state index contributed by atoms with van der Waals surface area (Å²) >= 11 is 0. The lowest BCUT2D eigenvalue weighted by Gasteiger charge is -2.07. The molecule has 0 amide bonds. The molecule has 0 bridgehead atoms. The molecule has 0 radical (unpaired) electrons. The van der Waals surface area contributed by atoms with Crippen molar-refractivity contribution in [3.05, 3.63) is 89.7 Å². The van der Waals surface area contributed by atoms with Crippen LogP contribution in [-0.4, -0.2) is 19.1 Å². The molecular formula is C19H18N2O2S. The predicted octanol–water partition coefficient (Wildman–Crippen LogP) is 3.74. The van der Waals surface area contributed by atoms with Crippen LogP contribution in [0.25, 0.3) is 0 Å².